The maximum atomic E-state index is 12.8. The van der Waals surface area contributed by atoms with E-state index in [1.54, 1.807) is 23.9 Å². The lowest BCUT2D eigenvalue weighted by Crippen LogP contribution is -2.28. The van der Waals surface area contributed by atoms with E-state index in [0.717, 1.165) is 11.4 Å². The molecule has 0 saturated carbocycles. The van der Waals surface area contributed by atoms with Gasteiger partial charge in [-0.25, -0.2) is 4.79 Å². The van der Waals surface area contributed by atoms with E-state index >= 15 is 0 Å². The molecule has 0 saturated heterocycles. The molecule has 3 rings (SSSR count). The fourth-order valence-electron chi connectivity index (χ4n) is 3.39. The third-order valence-electron chi connectivity index (χ3n) is 4.81. The normalized spacial score (nSPS) is 12.3. The highest BCUT2D eigenvalue weighted by atomic mass is 19.3. The summed E-state index contributed by atoms with van der Waals surface area (Å²) in [7, 11) is 4.64. The summed E-state index contributed by atoms with van der Waals surface area (Å²) in [6, 6.07) is 13.1. The summed E-state index contributed by atoms with van der Waals surface area (Å²) >= 11 is 0. The van der Waals surface area contributed by atoms with E-state index in [2.05, 4.69) is 4.74 Å². The van der Waals surface area contributed by atoms with Crippen LogP contribution in [-0.4, -0.2) is 46.2 Å². The molecule has 0 aromatic heterocycles. The second-order valence-corrected chi connectivity index (χ2v) is 6.63. The number of methoxy groups -OCH3 is 1. The van der Waals surface area contributed by atoms with Gasteiger partial charge >= 0.3 is 12.6 Å². The Morgan fingerprint density at radius 3 is 2.22 bits per heavy atom. The lowest BCUT2D eigenvalue weighted by Gasteiger charge is -2.20. The monoisotopic (exact) mass is 443 g/mol. The summed E-state index contributed by atoms with van der Waals surface area (Å²) < 4.78 is 39.9. The van der Waals surface area contributed by atoms with Crippen molar-refractivity contribution in [3.05, 3.63) is 59.4 Å². The number of ether oxygens (including phenoxy) is 3. The minimum absolute atomic E-state index is 0.0992. The molecule has 2 aromatic rings. The van der Waals surface area contributed by atoms with Gasteiger partial charge in [-0.2, -0.15) is 14.0 Å². The molecule has 0 amide bonds. The van der Waals surface area contributed by atoms with Crippen LogP contribution in [0.15, 0.2) is 53.9 Å². The number of nitrogens with zero attached hydrogens (tertiary/aromatic N) is 3. The van der Waals surface area contributed by atoms with Gasteiger partial charge in [0.2, 0.25) is 5.78 Å². The molecule has 0 unspecified atom stereocenters. The van der Waals surface area contributed by atoms with Crippen molar-refractivity contribution in [2.45, 2.75) is 6.61 Å². The molecule has 1 heterocycles. The lowest BCUT2D eigenvalue weighted by atomic mass is 10.1. The SMILES string of the molecule is COc1cccc(C(=O)OCC(=O)C(C#N)=C2N(C)c3ccccc3N2C)c1OC(F)F. The van der Waals surface area contributed by atoms with E-state index in [-0.39, 0.29) is 16.9 Å². The van der Waals surface area contributed by atoms with E-state index in [1.807, 2.05) is 30.3 Å². The molecule has 10 heteroatoms. The number of rotatable bonds is 7. The van der Waals surface area contributed by atoms with Gasteiger partial charge in [0.15, 0.2) is 18.1 Å². The molecular formula is C22H19F2N3O5. The summed E-state index contributed by atoms with van der Waals surface area (Å²) in [4.78, 5) is 28.6. The number of para-hydroxylation sites is 3. The van der Waals surface area contributed by atoms with Crippen LogP contribution in [0.3, 0.4) is 0 Å². The quantitative estimate of drug-likeness (QED) is 0.366. The van der Waals surface area contributed by atoms with Gasteiger partial charge < -0.3 is 24.0 Å². The van der Waals surface area contributed by atoms with Crippen molar-refractivity contribution in [2.75, 3.05) is 37.6 Å². The van der Waals surface area contributed by atoms with Gasteiger partial charge in [-0.3, -0.25) is 4.79 Å². The minimum atomic E-state index is -3.20. The summed E-state index contributed by atoms with van der Waals surface area (Å²) in [5.41, 5.74) is 1.04. The number of carbonyl (C=O) groups excluding carboxylic acids is 2. The van der Waals surface area contributed by atoms with Crippen molar-refractivity contribution in [3.63, 3.8) is 0 Å². The molecule has 0 fully saturated rings. The van der Waals surface area contributed by atoms with Crippen LogP contribution in [0.2, 0.25) is 0 Å². The number of carbonyl (C=O) groups is 2. The van der Waals surface area contributed by atoms with Crippen molar-refractivity contribution in [1.29, 1.82) is 5.26 Å². The van der Waals surface area contributed by atoms with Gasteiger partial charge in [0.05, 0.1) is 18.5 Å². The number of esters is 1. The molecule has 0 N–H and O–H groups in total. The summed E-state index contributed by atoms with van der Waals surface area (Å²) in [5, 5.41) is 9.62. The van der Waals surface area contributed by atoms with Crippen LogP contribution in [-0.2, 0) is 9.53 Å². The fraction of sp³-hybridized carbons (Fsp3) is 0.227. The molecule has 8 nitrogen and oxygen atoms in total. The first-order chi connectivity index (χ1) is 15.3. The molecule has 1 aliphatic rings. The number of anilines is 2. The lowest BCUT2D eigenvalue weighted by molar-refractivity contribution is -0.118. The zero-order valence-electron chi connectivity index (χ0n) is 17.5. The highest BCUT2D eigenvalue weighted by molar-refractivity contribution is 6.04. The van der Waals surface area contributed by atoms with Crippen LogP contribution in [0, 0.1) is 11.3 Å². The van der Waals surface area contributed by atoms with Crippen LogP contribution < -0.4 is 19.3 Å². The van der Waals surface area contributed by atoms with Crippen LogP contribution in [0.1, 0.15) is 10.4 Å². The van der Waals surface area contributed by atoms with Crippen LogP contribution in [0.5, 0.6) is 11.5 Å². The first-order valence-corrected chi connectivity index (χ1v) is 9.33. The van der Waals surface area contributed by atoms with Crippen molar-refractivity contribution >= 4 is 23.1 Å². The fourth-order valence-corrected chi connectivity index (χ4v) is 3.39. The molecular weight excluding hydrogens is 424 g/mol. The molecule has 0 atom stereocenters. The smallest absolute Gasteiger partial charge is 0.387 e. The van der Waals surface area contributed by atoms with Gasteiger partial charge in [0.25, 0.3) is 0 Å². The number of hydrogen-bond donors (Lipinski definition) is 0. The van der Waals surface area contributed by atoms with Crippen molar-refractivity contribution in [2.24, 2.45) is 0 Å². The van der Waals surface area contributed by atoms with Gasteiger partial charge in [-0.05, 0) is 24.3 Å². The Morgan fingerprint density at radius 1 is 1.06 bits per heavy atom. The Morgan fingerprint density at radius 2 is 1.69 bits per heavy atom. The summed E-state index contributed by atoms with van der Waals surface area (Å²) in [6.07, 6.45) is 0. The average molecular weight is 443 g/mol. The summed E-state index contributed by atoms with van der Waals surface area (Å²) in [6.45, 7) is -3.97. The molecule has 0 aliphatic carbocycles. The zero-order valence-corrected chi connectivity index (χ0v) is 17.5. The molecule has 0 spiro atoms. The maximum absolute atomic E-state index is 12.8. The number of fused-ring (bicyclic) bond motifs is 1. The van der Waals surface area contributed by atoms with Gasteiger partial charge in [0, 0.05) is 14.1 Å². The molecule has 2 aromatic carbocycles. The first kappa shape index (κ1) is 22.6. The minimum Gasteiger partial charge on any atom is -0.493 e. The summed E-state index contributed by atoms with van der Waals surface area (Å²) in [5.74, 6) is -2.10. The Bertz CT molecular complexity index is 1100. The second-order valence-electron chi connectivity index (χ2n) is 6.63. The number of hydrogen-bond acceptors (Lipinski definition) is 8. The largest absolute Gasteiger partial charge is 0.493 e. The first-order valence-electron chi connectivity index (χ1n) is 9.33. The molecule has 0 radical (unpaired) electrons. The number of benzene rings is 2. The van der Waals surface area contributed by atoms with Crippen LogP contribution in [0.25, 0.3) is 0 Å². The van der Waals surface area contributed by atoms with Gasteiger partial charge in [-0.1, -0.05) is 18.2 Å². The topological polar surface area (TPSA) is 92.1 Å². The predicted molar refractivity (Wildman–Crippen MR) is 111 cm³/mol. The van der Waals surface area contributed by atoms with E-state index < -0.39 is 30.7 Å². The number of halogens is 2. The van der Waals surface area contributed by atoms with E-state index in [9.17, 15) is 23.6 Å². The molecule has 0 bridgehead atoms. The Balaban J connectivity index is 1.82. The Kier molecular flexibility index (Phi) is 6.59. The van der Waals surface area contributed by atoms with Crippen molar-refractivity contribution in [1.82, 2.24) is 0 Å². The van der Waals surface area contributed by atoms with E-state index in [0.29, 0.717) is 5.82 Å². The Hall–Kier alpha value is -4.13. The van der Waals surface area contributed by atoms with Gasteiger partial charge in [-0.15, -0.1) is 0 Å². The predicted octanol–water partition coefficient (Wildman–Crippen LogP) is 3.34. The van der Waals surface area contributed by atoms with E-state index in [1.165, 1.54) is 25.3 Å². The second kappa shape index (κ2) is 9.34. The van der Waals surface area contributed by atoms with Crippen molar-refractivity contribution < 1.29 is 32.6 Å². The standard InChI is InChI=1S/C22H19F2N3O5/c1-26-15-8-4-5-9-16(15)27(2)20(26)14(11-25)17(28)12-31-21(29)13-7-6-10-18(30-3)19(13)32-22(23)24/h4-10,22H,12H2,1-3H3. The number of alkyl halides is 2. The number of ketones is 1. The Labute approximate surface area is 182 Å². The van der Waals surface area contributed by atoms with Crippen LogP contribution >= 0.6 is 0 Å². The number of Topliss-reactive ketones (excluding diaryl/α,β-unsaturated/α-hetero) is 1. The van der Waals surface area contributed by atoms with Gasteiger partial charge in [0.1, 0.15) is 23.0 Å². The average Bonchev–Trinajstić information content (AvgIpc) is 3.03. The maximum Gasteiger partial charge on any atom is 0.387 e. The molecule has 166 valence electrons. The third-order valence-corrected chi connectivity index (χ3v) is 4.81. The van der Waals surface area contributed by atoms with Crippen LogP contribution in [0.4, 0.5) is 20.2 Å². The highest BCUT2D eigenvalue weighted by Gasteiger charge is 2.32. The van der Waals surface area contributed by atoms with E-state index in [4.69, 9.17) is 9.47 Å². The third kappa shape index (κ3) is 4.18. The van der Waals surface area contributed by atoms with Crippen molar-refractivity contribution in [3.8, 4) is 17.6 Å². The zero-order chi connectivity index (χ0) is 23.4. The highest BCUT2D eigenvalue weighted by Crippen LogP contribution is 2.40. The number of nitriles is 1. The molecule has 1 aliphatic heterocycles. The molecule has 32 heavy (non-hydrogen) atoms.